The van der Waals surface area contributed by atoms with Gasteiger partial charge in [-0.3, -0.25) is 19.7 Å². The zero-order valence-corrected chi connectivity index (χ0v) is 20.1. The fourth-order valence-corrected chi connectivity index (χ4v) is 3.86. The summed E-state index contributed by atoms with van der Waals surface area (Å²) in [4.78, 5) is 39.7. The molecule has 7 heteroatoms. The van der Waals surface area contributed by atoms with Gasteiger partial charge in [0, 0.05) is 31.1 Å². The van der Waals surface area contributed by atoms with Crippen LogP contribution in [0.5, 0.6) is 0 Å². The Morgan fingerprint density at radius 1 is 0.886 bits per heavy atom. The number of hydrogen-bond acceptors (Lipinski definition) is 4. The van der Waals surface area contributed by atoms with E-state index in [9.17, 15) is 19.7 Å². The lowest BCUT2D eigenvalue weighted by Gasteiger charge is -2.32. The largest absolute Gasteiger partial charge is 0.354 e. The molecule has 0 saturated carbocycles. The van der Waals surface area contributed by atoms with Crippen LogP contribution in [0, 0.1) is 16.0 Å². The molecule has 7 nitrogen and oxygen atoms in total. The number of nitro groups is 1. The van der Waals surface area contributed by atoms with Crippen LogP contribution < -0.4 is 5.32 Å². The monoisotopic (exact) mass is 473 g/mol. The molecule has 1 atom stereocenters. The molecule has 0 spiro atoms. The predicted octanol–water partition coefficient (Wildman–Crippen LogP) is 4.55. The van der Waals surface area contributed by atoms with Gasteiger partial charge in [0.25, 0.3) is 5.69 Å². The van der Waals surface area contributed by atoms with E-state index in [0.717, 1.165) is 11.1 Å². The van der Waals surface area contributed by atoms with Crippen LogP contribution in [0.2, 0.25) is 0 Å². The minimum atomic E-state index is -0.772. The van der Waals surface area contributed by atoms with Gasteiger partial charge < -0.3 is 10.2 Å². The van der Waals surface area contributed by atoms with E-state index in [1.807, 2.05) is 74.5 Å². The molecule has 0 radical (unpaired) electrons. The van der Waals surface area contributed by atoms with Gasteiger partial charge in [-0.15, -0.1) is 0 Å². The van der Waals surface area contributed by atoms with Crippen molar-refractivity contribution in [2.75, 3.05) is 6.54 Å². The first kappa shape index (κ1) is 25.6. The Morgan fingerprint density at radius 3 is 2.06 bits per heavy atom. The van der Waals surface area contributed by atoms with E-state index in [1.165, 1.54) is 6.07 Å². The van der Waals surface area contributed by atoms with E-state index < -0.39 is 11.0 Å². The molecule has 1 unspecified atom stereocenters. The molecule has 0 aliphatic heterocycles. The Hall–Kier alpha value is -4.00. The second-order valence-corrected chi connectivity index (χ2v) is 8.91. The van der Waals surface area contributed by atoms with Crippen LogP contribution in [0.4, 0.5) is 5.69 Å². The van der Waals surface area contributed by atoms with Crippen LogP contribution in [-0.4, -0.2) is 34.2 Å². The van der Waals surface area contributed by atoms with Crippen molar-refractivity contribution >= 4 is 17.5 Å². The topological polar surface area (TPSA) is 92.6 Å². The molecular weight excluding hydrogens is 442 g/mol. The van der Waals surface area contributed by atoms with Gasteiger partial charge in [0.15, 0.2) is 0 Å². The standard InChI is InChI=1S/C28H31N3O4/c1-21(2)19-29-28(33)26(17-22-11-5-3-6-12-22)30(20-23-13-7-4-8-14-23)27(32)18-24-15-9-10-16-25(24)31(34)35/h3-16,21,26H,17-20H2,1-2H3,(H,29,33). The number of carbonyl (C=O) groups is 2. The lowest BCUT2D eigenvalue weighted by molar-refractivity contribution is -0.385. The highest BCUT2D eigenvalue weighted by Crippen LogP contribution is 2.21. The van der Waals surface area contributed by atoms with Gasteiger partial charge in [0.2, 0.25) is 11.8 Å². The normalized spacial score (nSPS) is 11.6. The minimum Gasteiger partial charge on any atom is -0.354 e. The van der Waals surface area contributed by atoms with E-state index in [4.69, 9.17) is 0 Å². The summed E-state index contributed by atoms with van der Waals surface area (Å²) in [7, 11) is 0. The van der Waals surface area contributed by atoms with Crippen LogP contribution in [0.25, 0.3) is 0 Å². The zero-order valence-electron chi connectivity index (χ0n) is 20.1. The maximum Gasteiger partial charge on any atom is 0.273 e. The second kappa shape index (κ2) is 12.5. The molecular formula is C28H31N3O4. The molecule has 3 aromatic rings. The zero-order chi connectivity index (χ0) is 25.2. The number of rotatable bonds is 11. The highest BCUT2D eigenvalue weighted by molar-refractivity contribution is 5.89. The van der Waals surface area contributed by atoms with Gasteiger partial charge in [-0.2, -0.15) is 0 Å². The first-order valence-corrected chi connectivity index (χ1v) is 11.7. The van der Waals surface area contributed by atoms with Gasteiger partial charge in [-0.05, 0) is 17.0 Å². The summed E-state index contributed by atoms with van der Waals surface area (Å²) in [5, 5.41) is 14.5. The van der Waals surface area contributed by atoms with E-state index in [-0.39, 0.29) is 36.4 Å². The summed E-state index contributed by atoms with van der Waals surface area (Å²) in [6.45, 7) is 4.72. The molecule has 0 aliphatic carbocycles. The average molecular weight is 474 g/mol. The maximum atomic E-state index is 13.7. The first-order chi connectivity index (χ1) is 16.8. The van der Waals surface area contributed by atoms with Gasteiger partial charge in [-0.1, -0.05) is 92.7 Å². The number of carbonyl (C=O) groups excluding carboxylic acids is 2. The van der Waals surface area contributed by atoms with Crippen molar-refractivity contribution in [3.63, 3.8) is 0 Å². The van der Waals surface area contributed by atoms with Crippen molar-refractivity contribution in [1.29, 1.82) is 0 Å². The number of nitro benzene ring substituents is 1. The van der Waals surface area contributed by atoms with Crippen LogP contribution in [0.1, 0.15) is 30.5 Å². The second-order valence-electron chi connectivity index (χ2n) is 8.91. The lowest BCUT2D eigenvalue weighted by atomic mass is 10.0. The third-order valence-corrected chi connectivity index (χ3v) is 5.68. The molecule has 0 aliphatic rings. The van der Waals surface area contributed by atoms with Crippen molar-refractivity contribution in [2.24, 2.45) is 5.92 Å². The van der Waals surface area contributed by atoms with Crippen molar-refractivity contribution in [3.8, 4) is 0 Å². The minimum absolute atomic E-state index is 0.107. The lowest BCUT2D eigenvalue weighted by Crippen LogP contribution is -2.51. The van der Waals surface area contributed by atoms with Crippen LogP contribution in [-0.2, 0) is 29.0 Å². The van der Waals surface area contributed by atoms with Crippen LogP contribution >= 0.6 is 0 Å². The molecule has 0 saturated heterocycles. The fraction of sp³-hybridized carbons (Fsp3) is 0.286. The molecule has 3 rings (SSSR count). The Bertz CT molecular complexity index is 1130. The maximum absolute atomic E-state index is 13.7. The Kier molecular flexibility index (Phi) is 9.12. The quantitative estimate of drug-likeness (QED) is 0.327. The highest BCUT2D eigenvalue weighted by Gasteiger charge is 2.31. The Morgan fingerprint density at radius 2 is 1.46 bits per heavy atom. The summed E-state index contributed by atoms with van der Waals surface area (Å²) in [6, 6.07) is 24.5. The summed E-state index contributed by atoms with van der Waals surface area (Å²) < 4.78 is 0. The molecule has 182 valence electrons. The summed E-state index contributed by atoms with van der Waals surface area (Å²) >= 11 is 0. The SMILES string of the molecule is CC(C)CNC(=O)C(Cc1ccccc1)N(Cc1ccccc1)C(=O)Cc1ccccc1[N+](=O)[O-]. The predicted molar refractivity (Wildman–Crippen MR) is 136 cm³/mol. The van der Waals surface area contributed by atoms with Gasteiger partial charge in [0.05, 0.1) is 11.3 Å². The van der Waals surface area contributed by atoms with Gasteiger partial charge in [-0.25, -0.2) is 0 Å². The number of nitrogens with one attached hydrogen (secondary N) is 1. The molecule has 0 bridgehead atoms. The van der Waals surface area contributed by atoms with Crippen molar-refractivity contribution in [2.45, 2.75) is 39.3 Å². The molecule has 2 amide bonds. The first-order valence-electron chi connectivity index (χ1n) is 11.7. The van der Waals surface area contributed by atoms with Gasteiger partial charge >= 0.3 is 0 Å². The number of hydrogen-bond donors (Lipinski definition) is 1. The Balaban J connectivity index is 1.98. The summed E-state index contributed by atoms with van der Waals surface area (Å²) in [5.41, 5.74) is 2.01. The number of amides is 2. The third kappa shape index (κ3) is 7.50. The smallest absolute Gasteiger partial charge is 0.273 e. The molecule has 0 fully saturated rings. The number of benzene rings is 3. The van der Waals surface area contributed by atoms with Crippen LogP contribution in [0.3, 0.4) is 0 Å². The van der Waals surface area contributed by atoms with E-state index in [2.05, 4.69) is 5.32 Å². The van der Waals surface area contributed by atoms with E-state index in [0.29, 0.717) is 18.5 Å². The summed E-state index contributed by atoms with van der Waals surface area (Å²) in [6.07, 6.45) is 0.160. The molecule has 35 heavy (non-hydrogen) atoms. The Labute approximate surface area is 205 Å². The molecule has 1 N–H and O–H groups in total. The van der Waals surface area contributed by atoms with Crippen molar-refractivity contribution in [1.82, 2.24) is 10.2 Å². The number of nitrogens with zero attached hydrogens (tertiary/aromatic N) is 2. The average Bonchev–Trinajstić information content (AvgIpc) is 2.86. The van der Waals surface area contributed by atoms with Gasteiger partial charge in [0.1, 0.15) is 6.04 Å². The fourth-order valence-electron chi connectivity index (χ4n) is 3.86. The molecule has 0 heterocycles. The molecule has 0 aromatic heterocycles. The molecule has 3 aromatic carbocycles. The van der Waals surface area contributed by atoms with E-state index >= 15 is 0 Å². The third-order valence-electron chi connectivity index (χ3n) is 5.68. The van der Waals surface area contributed by atoms with E-state index in [1.54, 1.807) is 23.1 Å². The summed E-state index contributed by atoms with van der Waals surface area (Å²) in [5.74, 6) is -0.334. The van der Waals surface area contributed by atoms with Crippen molar-refractivity contribution in [3.05, 3.63) is 112 Å². The highest BCUT2D eigenvalue weighted by atomic mass is 16.6. The van der Waals surface area contributed by atoms with Crippen LogP contribution in [0.15, 0.2) is 84.9 Å². The number of para-hydroxylation sites is 1. The van der Waals surface area contributed by atoms with Crippen molar-refractivity contribution < 1.29 is 14.5 Å².